The van der Waals surface area contributed by atoms with Crippen LogP contribution in [0.2, 0.25) is 0 Å². The zero-order valence-electron chi connectivity index (χ0n) is 19.1. The van der Waals surface area contributed by atoms with Gasteiger partial charge in [-0.15, -0.1) is 16.4 Å². The first-order valence-electron chi connectivity index (χ1n) is 10.9. The van der Waals surface area contributed by atoms with Crippen LogP contribution in [0, 0.1) is 6.92 Å². The Morgan fingerprint density at radius 1 is 0.941 bits per heavy atom. The summed E-state index contributed by atoms with van der Waals surface area (Å²) in [6.45, 7) is 2.72. The van der Waals surface area contributed by atoms with Crippen LogP contribution in [-0.2, 0) is 19.5 Å². The van der Waals surface area contributed by atoms with E-state index in [-0.39, 0.29) is 11.2 Å². The normalized spacial score (nSPS) is 11.4. The molecule has 0 aliphatic rings. The first-order valence-corrected chi connectivity index (χ1v) is 11.7. The number of ether oxygens (including phenoxy) is 2. The maximum Gasteiger partial charge on any atom is 0.352 e. The number of fused-ring (bicyclic) bond motifs is 3. The Labute approximate surface area is 199 Å². The molecule has 0 spiro atoms. The number of thiophene rings is 1. The van der Waals surface area contributed by atoms with Crippen LogP contribution in [0.15, 0.2) is 63.5 Å². The minimum absolute atomic E-state index is 0.148. The topological polar surface area (TPSA) is 79.8 Å². The highest BCUT2D eigenvalue weighted by molar-refractivity contribution is 7.17. The minimum Gasteiger partial charge on any atom is -0.493 e. The first kappa shape index (κ1) is 22.0. The van der Waals surface area contributed by atoms with Gasteiger partial charge in [0.1, 0.15) is 4.70 Å². The Hall–Kier alpha value is -3.85. The second kappa shape index (κ2) is 8.83. The van der Waals surface area contributed by atoms with Gasteiger partial charge in [-0.2, -0.15) is 0 Å². The second-order valence-corrected chi connectivity index (χ2v) is 9.01. The molecule has 0 saturated heterocycles. The van der Waals surface area contributed by atoms with Gasteiger partial charge in [-0.25, -0.2) is 13.9 Å². The summed E-state index contributed by atoms with van der Waals surface area (Å²) in [5, 5.41) is 6.41. The monoisotopic (exact) mass is 476 g/mol. The summed E-state index contributed by atoms with van der Waals surface area (Å²) in [6, 6.07) is 15.5. The third-order valence-electron chi connectivity index (χ3n) is 5.91. The predicted octanol–water partition coefficient (Wildman–Crippen LogP) is 3.49. The molecule has 0 atom stereocenters. The van der Waals surface area contributed by atoms with E-state index in [1.54, 1.807) is 24.9 Å². The molecular weight excluding hydrogens is 452 g/mol. The molecule has 9 heteroatoms. The average molecular weight is 477 g/mol. The van der Waals surface area contributed by atoms with Gasteiger partial charge in [0.05, 0.1) is 26.3 Å². The number of rotatable bonds is 7. The van der Waals surface area contributed by atoms with Crippen molar-refractivity contribution in [2.24, 2.45) is 0 Å². The van der Waals surface area contributed by atoms with Crippen molar-refractivity contribution in [1.29, 1.82) is 0 Å². The third-order valence-corrected chi connectivity index (χ3v) is 6.81. The number of nitrogens with zero attached hydrogens (tertiary/aromatic N) is 4. The summed E-state index contributed by atoms with van der Waals surface area (Å²) in [7, 11) is 3.18. The van der Waals surface area contributed by atoms with Crippen molar-refractivity contribution in [2.45, 2.75) is 26.4 Å². The molecule has 8 nitrogen and oxygen atoms in total. The van der Waals surface area contributed by atoms with Crippen LogP contribution in [0.5, 0.6) is 11.5 Å². The fourth-order valence-electron chi connectivity index (χ4n) is 4.08. The SMILES string of the molecule is COc1ccc(CCn2c(=O)c3sccc3n3c(=O)n(Cc4ccc(C)cc4)nc23)cc1OC. The second-order valence-electron chi connectivity index (χ2n) is 8.09. The molecular formula is C25H24N4O4S. The summed E-state index contributed by atoms with van der Waals surface area (Å²) in [6.07, 6.45) is 0.561. The van der Waals surface area contributed by atoms with Crippen LogP contribution < -0.4 is 20.7 Å². The van der Waals surface area contributed by atoms with E-state index in [4.69, 9.17) is 9.47 Å². The smallest absolute Gasteiger partial charge is 0.352 e. The van der Waals surface area contributed by atoms with E-state index in [0.29, 0.717) is 47.0 Å². The largest absolute Gasteiger partial charge is 0.493 e. The van der Waals surface area contributed by atoms with Crippen LogP contribution in [-0.4, -0.2) is 33.0 Å². The van der Waals surface area contributed by atoms with Crippen molar-refractivity contribution in [3.63, 3.8) is 0 Å². The predicted molar refractivity (Wildman–Crippen MR) is 133 cm³/mol. The summed E-state index contributed by atoms with van der Waals surface area (Å²) in [4.78, 5) is 26.7. The molecule has 3 heterocycles. The standard InChI is InChI=1S/C25H24N4O4S/c1-16-4-6-18(7-5-16)15-28-25(31)29-19-11-13-34-22(19)23(30)27(24(29)26-28)12-10-17-8-9-20(32-2)21(14-17)33-3/h4-9,11,13-14H,10,12,15H2,1-3H3. The quantitative estimate of drug-likeness (QED) is 0.359. The summed E-state index contributed by atoms with van der Waals surface area (Å²) in [5.41, 5.74) is 3.28. The molecule has 0 unspecified atom stereocenters. The van der Waals surface area contributed by atoms with Gasteiger partial charge in [0.2, 0.25) is 5.78 Å². The van der Waals surface area contributed by atoms with E-state index in [9.17, 15) is 9.59 Å². The number of hydrogen-bond acceptors (Lipinski definition) is 6. The number of methoxy groups -OCH3 is 2. The highest BCUT2D eigenvalue weighted by Crippen LogP contribution is 2.28. The lowest BCUT2D eigenvalue weighted by Gasteiger charge is -2.11. The van der Waals surface area contributed by atoms with Gasteiger partial charge < -0.3 is 9.47 Å². The molecule has 0 aliphatic carbocycles. The van der Waals surface area contributed by atoms with Crippen molar-refractivity contribution in [3.8, 4) is 11.5 Å². The molecule has 2 aromatic carbocycles. The average Bonchev–Trinajstić information content (AvgIpc) is 3.45. The Bertz CT molecular complexity index is 1610. The summed E-state index contributed by atoms with van der Waals surface area (Å²) in [5.74, 6) is 1.62. The zero-order valence-corrected chi connectivity index (χ0v) is 20.0. The lowest BCUT2D eigenvalue weighted by atomic mass is 10.1. The van der Waals surface area contributed by atoms with Crippen molar-refractivity contribution in [1.82, 2.24) is 18.7 Å². The number of aryl methyl sites for hydroxylation is 3. The highest BCUT2D eigenvalue weighted by Gasteiger charge is 2.18. The van der Waals surface area contributed by atoms with Crippen LogP contribution in [0.4, 0.5) is 0 Å². The van der Waals surface area contributed by atoms with Gasteiger partial charge in [-0.05, 0) is 48.1 Å². The van der Waals surface area contributed by atoms with Gasteiger partial charge in [0, 0.05) is 6.54 Å². The maximum atomic E-state index is 13.3. The van der Waals surface area contributed by atoms with Crippen LogP contribution in [0.25, 0.3) is 16.0 Å². The number of aromatic nitrogens is 4. The molecule has 174 valence electrons. The summed E-state index contributed by atoms with van der Waals surface area (Å²) >= 11 is 1.33. The molecule has 0 aliphatic heterocycles. The van der Waals surface area contributed by atoms with E-state index < -0.39 is 0 Å². The van der Waals surface area contributed by atoms with E-state index in [2.05, 4.69) is 5.10 Å². The minimum atomic E-state index is -0.265. The Balaban J connectivity index is 1.58. The van der Waals surface area contributed by atoms with Crippen molar-refractivity contribution < 1.29 is 9.47 Å². The molecule has 34 heavy (non-hydrogen) atoms. The van der Waals surface area contributed by atoms with E-state index in [0.717, 1.165) is 16.7 Å². The Kier molecular flexibility index (Phi) is 5.70. The van der Waals surface area contributed by atoms with Crippen LogP contribution >= 0.6 is 11.3 Å². The molecule has 3 aromatic heterocycles. The van der Waals surface area contributed by atoms with Gasteiger partial charge in [0.15, 0.2) is 11.5 Å². The fourth-order valence-corrected chi connectivity index (χ4v) is 4.91. The molecule has 0 radical (unpaired) electrons. The van der Waals surface area contributed by atoms with E-state index >= 15 is 0 Å². The molecule has 0 saturated carbocycles. The number of hydrogen-bond donors (Lipinski definition) is 0. The maximum absolute atomic E-state index is 13.3. The number of benzene rings is 2. The van der Waals surface area contributed by atoms with Gasteiger partial charge in [-0.1, -0.05) is 35.9 Å². The molecule has 5 aromatic rings. The Morgan fingerprint density at radius 2 is 1.68 bits per heavy atom. The molecule has 5 rings (SSSR count). The van der Waals surface area contributed by atoms with Gasteiger partial charge >= 0.3 is 5.69 Å². The molecule has 0 fully saturated rings. The fraction of sp³-hybridized carbons (Fsp3) is 0.240. The Morgan fingerprint density at radius 3 is 2.41 bits per heavy atom. The molecule has 0 amide bonds. The van der Waals surface area contributed by atoms with Crippen molar-refractivity contribution >= 4 is 27.3 Å². The van der Waals surface area contributed by atoms with Gasteiger partial charge in [-0.3, -0.25) is 9.36 Å². The zero-order chi connectivity index (χ0) is 23.8. The van der Waals surface area contributed by atoms with Crippen molar-refractivity contribution in [3.05, 3.63) is 91.4 Å². The first-order chi connectivity index (χ1) is 16.5. The third kappa shape index (κ3) is 3.77. The van der Waals surface area contributed by atoms with Crippen LogP contribution in [0.3, 0.4) is 0 Å². The summed E-state index contributed by atoms with van der Waals surface area (Å²) < 4.78 is 15.8. The van der Waals surface area contributed by atoms with Gasteiger partial charge in [0.25, 0.3) is 5.56 Å². The van der Waals surface area contributed by atoms with Crippen molar-refractivity contribution in [2.75, 3.05) is 14.2 Å². The lowest BCUT2D eigenvalue weighted by Crippen LogP contribution is -2.26. The molecule has 0 N–H and O–H groups in total. The lowest BCUT2D eigenvalue weighted by molar-refractivity contribution is 0.354. The van der Waals surface area contributed by atoms with E-state index in [1.807, 2.05) is 54.8 Å². The molecule has 0 bridgehead atoms. The highest BCUT2D eigenvalue weighted by atomic mass is 32.1. The van der Waals surface area contributed by atoms with E-state index in [1.165, 1.54) is 20.4 Å². The van der Waals surface area contributed by atoms with Crippen LogP contribution in [0.1, 0.15) is 16.7 Å².